The molecule has 0 atom stereocenters. The fraction of sp³-hybridized carbons (Fsp3) is 0.222. The molecule has 27 heavy (non-hydrogen) atoms. The molecular weight excluding hydrogens is 374 g/mol. The molecule has 0 aliphatic heterocycles. The highest BCUT2D eigenvalue weighted by Gasteiger charge is 2.15. The molecule has 0 saturated heterocycles. The van der Waals surface area contributed by atoms with Gasteiger partial charge >= 0.3 is 0 Å². The smallest absolute Gasteiger partial charge is 0.259 e. The molecule has 0 saturated carbocycles. The van der Waals surface area contributed by atoms with Gasteiger partial charge in [-0.3, -0.25) is 9.59 Å². The van der Waals surface area contributed by atoms with Crippen molar-refractivity contribution in [1.29, 1.82) is 0 Å². The van der Waals surface area contributed by atoms with Crippen molar-refractivity contribution in [3.8, 4) is 0 Å². The molecule has 2 heterocycles. The van der Waals surface area contributed by atoms with E-state index in [1.807, 2.05) is 13.8 Å². The molecule has 3 rings (SSSR count). The van der Waals surface area contributed by atoms with E-state index in [0.29, 0.717) is 10.2 Å². The number of halogens is 2. The number of hydrogen-bond acceptors (Lipinski definition) is 5. The molecule has 0 unspecified atom stereocenters. The highest BCUT2D eigenvalue weighted by atomic mass is 32.1. The monoisotopic (exact) mass is 390 g/mol. The predicted molar refractivity (Wildman–Crippen MR) is 100 cm³/mol. The fourth-order valence-electron chi connectivity index (χ4n) is 2.62. The van der Waals surface area contributed by atoms with Crippen molar-refractivity contribution in [3.05, 3.63) is 62.0 Å². The van der Waals surface area contributed by atoms with E-state index in [1.165, 1.54) is 24.3 Å². The van der Waals surface area contributed by atoms with Gasteiger partial charge in [-0.1, -0.05) is 6.07 Å². The zero-order valence-electron chi connectivity index (χ0n) is 14.8. The Hall–Kier alpha value is -2.94. The van der Waals surface area contributed by atoms with Crippen LogP contribution in [0.4, 0.5) is 8.78 Å². The van der Waals surface area contributed by atoms with Gasteiger partial charge in [-0.2, -0.15) is 5.10 Å². The molecule has 9 heteroatoms. The van der Waals surface area contributed by atoms with Crippen molar-refractivity contribution in [3.63, 3.8) is 0 Å². The summed E-state index contributed by atoms with van der Waals surface area (Å²) in [6.07, 6.45) is -0.224. The second-order valence-electron chi connectivity index (χ2n) is 5.98. The third-order valence-corrected chi connectivity index (χ3v) is 5.19. The van der Waals surface area contributed by atoms with Gasteiger partial charge in [0.05, 0.1) is 23.1 Å². The topological polar surface area (TPSA) is 87.2 Å². The Kier molecular flexibility index (Phi) is 5.13. The second kappa shape index (κ2) is 7.36. The first-order valence-corrected chi connectivity index (χ1v) is 8.86. The Morgan fingerprint density at radius 1 is 1.30 bits per heavy atom. The number of nitrogens with one attached hydrogen (secondary N) is 2. The Balaban J connectivity index is 1.78. The van der Waals surface area contributed by atoms with E-state index in [2.05, 4.69) is 20.5 Å². The molecule has 0 fully saturated rings. The van der Waals surface area contributed by atoms with Crippen LogP contribution in [-0.2, 0) is 11.2 Å². The number of aromatic amines is 1. The SMILES string of the molecule is C/C(=N/NC(=O)Cc1nc2sc(C)c(C)c2c(=O)[nH]1)c1c(F)cccc1F. The highest BCUT2D eigenvalue weighted by Crippen LogP contribution is 2.25. The molecule has 0 bridgehead atoms. The Labute approximate surface area is 157 Å². The minimum absolute atomic E-state index is 0.0136. The van der Waals surface area contributed by atoms with Crippen LogP contribution in [0.1, 0.15) is 28.8 Å². The first-order valence-electron chi connectivity index (χ1n) is 8.04. The second-order valence-corrected chi connectivity index (χ2v) is 7.18. The largest absolute Gasteiger partial charge is 0.309 e. The van der Waals surface area contributed by atoms with Crippen LogP contribution in [0.2, 0.25) is 0 Å². The van der Waals surface area contributed by atoms with Gasteiger partial charge in [-0.25, -0.2) is 19.2 Å². The van der Waals surface area contributed by atoms with Gasteiger partial charge in [0.2, 0.25) is 5.91 Å². The van der Waals surface area contributed by atoms with Crippen LogP contribution >= 0.6 is 11.3 Å². The number of thiophene rings is 1. The van der Waals surface area contributed by atoms with E-state index in [-0.39, 0.29) is 29.1 Å². The average Bonchev–Trinajstić information content (AvgIpc) is 2.87. The van der Waals surface area contributed by atoms with Gasteiger partial charge in [0.25, 0.3) is 5.56 Å². The number of aryl methyl sites for hydroxylation is 2. The number of benzene rings is 1. The molecule has 1 aromatic carbocycles. The summed E-state index contributed by atoms with van der Waals surface area (Å²) in [4.78, 5) is 32.7. The third kappa shape index (κ3) is 3.77. The molecule has 2 N–H and O–H groups in total. The van der Waals surface area contributed by atoms with Gasteiger partial charge in [0.15, 0.2) is 0 Å². The lowest BCUT2D eigenvalue weighted by Gasteiger charge is -2.05. The Morgan fingerprint density at radius 2 is 1.96 bits per heavy atom. The van der Waals surface area contributed by atoms with Crippen molar-refractivity contribution in [2.45, 2.75) is 27.2 Å². The summed E-state index contributed by atoms with van der Waals surface area (Å²) >= 11 is 1.38. The van der Waals surface area contributed by atoms with E-state index >= 15 is 0 Å². The lowest BCUT2D eigenvalue weighted by molar-refractivity contribution is -0.120. The molecule has 140 valence electrons. The number of carbonyl (C=O) groups is 1. The Morgan fingerprint density at radius 3 is 2.63 bits per heavy atom. The average molecular weight is 390 g/mol. The van der Waals surface area contributed by atoms with Gasteiger partial charge in [0.1, 0.15) is 22.3 Å². The normalized spacial score (nSPS) is 11.8. The van der Waals surface area contributed by atoms with Gasteiger partial charge < -0.3 is 4.98 Å². The van der Waals surface area contributed by atoms with Crippen LogP contribution in [0.3, 0.4) is 0 Å². The minimum atomic E-state index is -0.773. The first-order chi connectivity index (χ1) is 12.8. The number of fused-ring (bicyclic) bond motifs is 1. The molecule has 0 spiro atoms. The molecular formula is C18H16F2N4O2S. The third-order valence-electron chi connectivity index (χ3n) is 4.09. The number of hydrogen-bond donors (Lipinski definition) is 2. The quantitative estimate of drug-likeness (QED) is 0.530. The van der Waals surface area contributed by atoms with Crippen LogP contribution in [0.25, 0.3) is 10.2 Å². The van der Waals surface area contributed by atoms with Crippen molar-refractivity contribution >= 4 is 33.2 Å². The summed E-state index contributed by atoms with van der Waals surface area (Å²) in [7, 11) is 0. The number of nitrogens with zero attached hydrogens (tertiary/aromatic N) is 2. The number of carbonyl (C=O) groups excluding carboxylic acids is 1. The molecule has 2 aromatic heterocycles. The lowest BCUT2D eigenvalue weighted by Crippen LogP contribution is -2.24. The van der Waals surface area contributed by atoms with Crippen molar-refractivity contribution < 1.29 is 13.6 Å². The van der Waals surface area contributed by atoms with Gasteiger partial charge in [0, 0.05) is 4.88 Å². The van der Waals surface area contributed by atoms with Crippen molar-refractivity contribution in [2.24, 2.45) is 5.10 Å². The van der Waals surface area contributed by atoms with Gasteiger partial charge in [-0.15, -0.1) is 11.3 Å². The maximum atomic E-state index is 13.7. The van der Waals surface area contributed by atoms with E-state index in [4.69, 9.17) is 0 Å². The van der Waals surface area contributed by atoms with Crippen LogP contribution in [0.5, 0.6) is 0 Å². The summed E-state index contributed by atoms with van der Waals surface area (Å²) in [5.74, 6) is -1.93. The standard InChI is InChI=1S/C18H16F2N4O2S/c1-8-10(3)27-18-15(8)17(26)21-13(22-18)7-14(25)24-23-9(2)16-11(19)5-4-6-12(16)20/h4-6H,7H2,1-3H3,(H,24,25)(H,21,22,26)/b23-9-. The number of hydrazone groups is 1. The van der Waals surface area contributed by atoms with Crippen LogP contribution < -0.4 is 11.0 Å². The van der Waals surface area contributed by atoms with Crippen LogP contribution in [0.15, 0.2) is 28.1 Å². The summed E-state index contributed by atoms with van der Waals surface area (Å²) in [6, 6.07) is 3.45. The van der Waals surface area contributed by atoms with Crippen LogP contribution in [-0.4, -0.2) is 21.6 Å². The summed E-state index contributed by atoms with van der Waals surface area (Å²) in [5, 5.41) is 4.25. The number of amides is 1. The van der Waals surface area contributed by atoms with Crippen LogP contribution in [0, 0.1) is 25.5 Å². The zero-order valence-corrected chi connectivity index (χ0v) is 15.6. The van der Waals surface area contributed by atoms with E-state index in [0.717, 1.165) is 22.6 Å². The molecule has 3 aromatic rings. The molecule has 6 nitrogen and oxygen atoms in total. The molecule has 0 aliphatic rings. The Bertz CT molecular complexity index is 1110. The first kappa shape index (κ1) is 18.8. The minimum Gasteiger partial charge on any atom is -0.309 e. The van der Waals surface area contributed by atoms with Gasteiger partial charge in [-0.05, 0) is 38.5 Å². The lowest BCUT2D eigenvalue weighted by atomic mass is 10.1. The zero-order chi connectivity index (χ0) is 19.7. The predicted octanol–water partition coefficient (Wildman–Crippen LogP) is 2.96. The van der Waals surface area contributed by atoms with E-state index < -0.39 is 17.5 Å². The van der Waals surface area contributed by atoms with E-state index in [9.17, 15) is 18.4 Å². The maximum absolute atomic E-state index is 13.7. The van der Waals surface area contributed by atoms with Crippen molar-refractivity contribution in [1.82, 2.24) is 15.4 Å². The number of rotatable bonds is 4. The molecule has 1 amide bonds. The maximum Gasteiger partial charge on any atom is 0.259 e. The summed E-state index contributed by atoms with van der Waals surface area (Å²) in [6.45, 7) is 5.12. The highest BCUT2D eigenvalue weighted by molar-refractivity contribution is 7.18. The summed E-state index contributed by atoms with van der Waals surface area (Å²) < 4.78 is 27.4. The summed E-state index contributed by atoms with van der Waals surface area (Å²) in [5.41, 5.74) is 2.46. The number of aromatic nitrogens is 2. The fourth-order valence-corrected chi connectivity index (χ4v) is 3.67. The van der Waals surface area contributed by atoms with E-state index in [1.54, 1.807) is 0 Å². The number of H-pyrrole nitrogens is 1. The molecule has 0 radical (unpaired) electrons. The van der Waals surface area contributed by atoms with Crippen molar-refractivity contribution in [2.75, 3.05) is 0 Å². The molecule has 0 aliphatic carbocycles.